The number of carbonyl (C=O) groups excluding carboxylic acids is 3. The predicted molar refractivity (Wildman–Crippen MR) is 123 cm³/mol. The van der Waals surface area contributed by atoms with Crippen molar-refractivity contribution in [3.63, 3.8) is 0 Å². The van der Waals surface area contributed by atoms with Gasteiger partial charge < -0.3 is 19.7 Å². The molecule has 3 rings (SSSR count). The number of carbonyl (C=O) groups is 3. The third-order valence-electron chi connectivity index (χ3n) is 4.97. The Morgan fingerprint density at radius 1 is 1.19 bits per heavy atom. The molecule has 0 aromatic carbocycles. The molecule has 32 heavy (non-hydrogen) atoms. The van der Waals surface area contributed by atoms with E-state index in [9.17, 15) is 14.4 Å². The average molecular weight is 460 g/mol. The summed E-state index contributed by atoms with van der Waals surface area (Å²) >= 11 is 1.26. The van der Waals surface area contributed by atoms with Crippen LogP contribution in [0.1, 0.15) is 59.9 Å². The molecule has 0 aliphatic carbocycles. The van der Waals surface area contributed by atoms with Crippen molar-refractivity contribution in [1.29, 1.82) is 0 Å². The van der Waals surface area contributed by atoms with Crippen LogP contribution in [0.25, 0.3) is 0 Å². The lowest BCUT2D eigenvalue weighted by molar-refractivity contribution is -0.119. The highest BCUT2D eigenvalue weighted by Gasteiger charge is 2.24. The van der Waals surface area contributed by atoms with E-state index in [1.165, 1.54) is 11.3 Å². The van der Waals surface area contributed by atoms with Gasteiger partial charge >= 0.3 is 11.9 Å². The number of ether oxygens (including phenoxy) is 2. The summed E-state index contributed by atoms with van der Waals surface area (Å²) in [5.41, 5.74) is 1.54. The van der Waals surface area contributed by atoms with E-state index in [4.69, 9.17) is 9.47 Å². The van der Waals surface area contributed by atoms with Gasteiger partial charge in [-0.25, -0.2) is 14.6 Å². The number of aromatic nitrogens is 1. The second kappa shape index (κ2) is 11.1. The first-order chi connectivity index (χ1) is 15.4. The number of pyridine rings is 1. The van der Waals surface area contributed by atoms with Crippen LogP contribution in [0.3, 0.4) is 0 Å². The highest BCUT2D eigenvalue weighted by molar-refractivity contribution is 7.15. The zero-order chi connectivity index (χ0) is 23.1. The molecule has 0 radical (unpaired) electrons. The summed E-state index contributed by atoms with van der Waals surface area (Å²) in [7, 11) is 0. The molecule has 0 saturated carbocycles. The van der Waals surface area contributed by atoms with E-state index >= 15 is 0 Å². The Morgan fingerprint density at radius 3 is 2.62 bits per heavy atom. The van der Waals surface area contributed by atoms with Gasteiger partial charge in [-0.05, 0) is 55.2 Å². The molecule has 3 heterocycles. The molecule has 1 N–H and O–H groups in total. The van der Waals surface area contributed by atoms with Crippen LogP contribution in [0.4, 0.5) is 10.8 Å². The molecule has 0 bridgehead atoms. The van der Waals surface area contributed by atoms with Crippen molar-refractivity contribution >= 4 is 40.0 Å². The molecule has 1 amide bonds. The fourth-order valence-corrected chi connectivity index (χ4v) is 4.59. The van der Waals surface area contributed by atoms with Gasteiger partial charge in [-0.2, -0.15) is 0 Å². The van der Waals surface area contributed by atoms with Gasteiger partial charge in [0.15, 0.2) is 6.61 Å². The second-order valence-electron chi connectivity index (χ2n) is 7.98. The number of thiophene rings is 1. The topological polar surface area (TPSA) is 97.8 Å². The van der Waals surface area contributed by atoms with Crippen LogP contribution in [-0.4, -0.2) is 49.1 Å². The lowest BCUT2D eigenvalue weighted by Gasteiger charge is -2.18. The third-order valence-corrected chi connectivity index (χ3v) is 5.92. The lowest BCUT2D eigenvalue weighted by Crippen LogP contribution is -2.25. The number of amides is 1. The van der Waals surface area contributed by atoms with E-state index in [2.05, 4.69) is 24.1 Å². The average Bonchev–Trinajstić information content (AvgIpc) is 3.42. The van der Waals surface area contributed by atoms with Gasteiger partial charge in [0.1, 0.15) is 16.4 Å². The predicted octanol–water partition coefficient (Wildman–Crippen LogP) is 3.91. The minimum absolute atomic E-state index is 0.241. The first-order valence-electron chi connectivity index (χ1n) is 10.8. The van der Waals surface area contributed by atoms with Crippen molar-refractivity contribution in [2.75, 3.05) is 36.5 Å². The van der Waals surface area contributed by atoms with Crippen LogP contribution in [0.2, 0.25) is 0 Å². The SMILES string of the molecule is CCOC(=O)c1c(CC(C)C)csc1NC(=O)COC(=O)c1cccnc1N1CCCC1. The minimum atomic E-state index is -0.604. The van der Waals surface area contributed by atoms with E-state index < -0.39 is 24.5 Å². The Morgan fingerprint density at radius 2 is 1.94 bits per heavy atom. The van der Waals surface area contributed by atoms with Gasteiger partial charge in [0, 0.05) is 19.3 Å². The number of nitrogens with zero attached hydrogens (tertiary/aromatic N) is 2. The molecule has 2 aromatic heterocycles. The highest BCUT2D eigenvalue weighted by atomic mass is 32.1. The molecule has 0 spiro atoms. The molecule has 1 saturated heterocycles. The second-order valence-corrected chi connectivity index (χ2v) is 8.86. The Bertz CT molecular complexity index is 966. The van der Waals surface area contributed by atoms with Gasteiger partial charge in [-0.1, -0.05) is 13.8 Å². The van der Waals surface area contributed by atoms with Crippen LogP contribution >= 0.6 is 11.3 Å². The van der Waals surface area contributed by atoms with Crippen LogP contribution in [0.5, 0.6) is 0 Å². The number of anilines is 2. The maximum atomic E-state index is 12.6. The molecule has 172 valence electrons. The Hall–Kier alpha value is -2.94. The Labute approximate surface area is 191 Å². The molecule has 9 heteroatoms. The summed E-state index contributed by atoms with van der Waals surface area (Å²) in [4.78, 5) is 44.0. The quantitative estimate of drug-likeness (QED) is 0.568. The molecule has 1 fully saturated rings. The van der Waals surface area contributed by atoms with Gasteiger partial charge in [0.2, 0.25) is 0 Å². The van der Waals surface area contributed by atoms with Crippen molar-refractivity contribution in [2.45, 2.75) is 40.0 Å². The number of hydrogen-bond acceptors (Lipinski definition) is 8. The normalized spacial score (nSPS) is 13.3. The molecule has 2 aromatic rings. The van der Waals surface area contributed by atoms with E-state index in [1.54, 1.807) is 25.3 Å². The summed E-state index contributed by atoms with van der Waals surface area (Å²) in [6.45, 7) is 7.30. The van der Waals surface area contributed by atoms with Gasteiger partial charge in [-0.3, -0.25) is 4.79 Å². The molecule has 1 aliphatic heterocycles. The Kier molecular flexibility index (Phi) is 8.21. The number of hydrogen-bond donors (Lipinski definition) is 1. The van der Waals surface area contributed by atoms with E-state index in [0.717, 1.165) is 31.5 Å². The zero-order valence-electron chi connectivity index (χ0n) is 18.7. The van der Waals surface area contributed by atoms with Crippen LogP contribution < -0.4 is 10.2 Å². The summed E-state index contributed by atoms with van der Waals surface area (Å²) < 4.78 is 10.4. The summed E-state index contributed by atoms with van der Waals surface area (Å²) in [6.07, 6.45) is 4.43. The van der Waals surface area contributed by atoms with Crippen molar-refractivity contribution < 1.29 is 23.9 Å². The molecule has 0 atom stereocenters. The number of nitrogens with one attached hydrogen (secondary N) is 1. The smallest absolute Gasteiger partial charge is 0.342 e. The highest BCUT2D eigenvalue weighted by Crippen LogP contribution is 2.31. The maximum absolute atomic E-state index is 12.6. The number of esters is 2. The van der Waals surface area contributed by atoms with Gasteiger partial charge in [0.05, 0.1) is 12.2 Å². The fraction of sp³-hybridized carbons (Fsp3) is 0.478. The van der Waals surface area contributed by atoms with Crippen molar-refractivity contribution in [1.82, 2.24) is 4.98 Å². The summed E-state index contributed by atoms with van der Waals surface area (Å²) in [6, 6.07) is 3.32. The monoisotopic (exact) mass is 459 g/mol. The van der Waals surface area contributed by atoms with Crippen LogP contribution in [-0.2, 0) is 20.7 Å². The summed E-state index contributed by atoms with van der Waals surface area (Å²) in [5, 5.41) is 4.95. The largest absolute Gasteiger partial charge is 0.462 e. The van der Waals surface area contributed by atoms with Gasteiger partial charge in [0.25, 0.3) is 5.91 Å². The zero-order valence-corrected chi connectivity index (χ0v) is 19.5. The van der Waals surface area contributed by atoms with E-state index in [0.29, 0.717) is 34.3 Å². The van der Waals surface area contributed by atoms with Crippen molar-refractivity contribution in [2.24, 2.45) is 5.92 Å². The first kappa shape index (κ1) is 23.7. The van der Waals surface area contributed by atoms with Crippen molar-refractivity contribution in [3.8, 4) is 0 Å². The molecule has 1 aliphatic rings. The van der Waals surface area contributed by atoms with E-state index in [-0.39, 0.29) is 6.61 Å². The third kappa shape index (κ3) is 5.85. The van der Waals surface area contributed by atoms with Gasteiger partial charge in [-0.15, -0.1) is 11.3 Å². The first-order valence-corrected chi connectivity index (χ1v) is 11.7. The molecule has 8 nitrogen and oxygen atoms in total. The standard InChI is InChI=1S/C23H29N3O5S/c1-4-30-23(29)19-16(12-15(2)3)14-32-21(19)25-18(27)13-31-22(28)17-8-7-9-24-20(17)26-10-5-6-11-26/h7-9,14-15H,4-6,10-13H2,1-3H3,(H,25,27). The lowest BCUT2D eigenvalue weighted by atomic mass is 10.0. The number of rotatable bonds is 9. The molecular formula is C23H29N3O5S. The minimum Gasteiger partial charge on any atom is -0.462 e. The Balaban J connectivity index is 1.66. The van der Waals surface area contributed by atoms with Crippen molar-refractivity contribution in [3.05, 3.63) is 40.4 Å². The molecular weight excluding hydrogens is 430 g/mol. The van der Waals surface area contributed by atoms with E-state index in [1.807, 2.05) is 10.3 Å². The molecule has 0 unspecified atom stereocenters. The maximum Gasteiger partial charge on any atom is 0.342 e. The van der Waals surface area contributed by atoms with Crippen LogP contribution in [0, 0.1) is 5.92 Å². The fourth-order valence-electron chi connectivity index (χ4n) is 3.61. The summed E-state index contributed by atoms with van der Waals surface area (Å²) in [5.74, 6) is -0.675. The van der Waals surface area contributed by atoms with Crippen LogP contribution in [0.15, 0.2) is 23.7 Å².